The van der Waals surface area contributed by atoms with Gasteiger partial charge in [0.2, 0.25) is 5.76 Å². The van der Waals surface area contributed by atoms with Crippen LogP contribution < -0.4 is 10.2 Å². The maximum atomic E-state index is 13.5. The number of para-hydroxylation sites is 1. The molecule has 0 saturated carbocycles. The Bertz CT molecular complexity index is 1340. The number of ether oxygens (including phenoxy) is 1. The van der Waals surface area contributed by atoms with E-state index in [0.717, 1.165) is 23.3 Å². The van der Waals surface area contributed by atoms with E-state index in [2.05, 4.69) is 6.92 Å². The van der Waals surface area contributed by atoms with Crippen LogP contribution >= 0.6 is 0 Å². The molecule has 0 bridgehead atoms. The summed E-state index contributed by atoms with van der Waals surface area (Å²) in [6, 6.07) is 24.3. The number of rotatable bonds is 7. The van der Waals surface area contributed by atoms with E-state index in [1.54, 1.807) is 23.1 Å². The number of carbonyl (C=O) groups excluding carboxylic acids is 1. The molecule has 0 saturated heterocycles. The van der Waals surface area contributed by atoms with E-state index in [1.165, 1.54) is 0 Å². The van der Waals surface area contributed by atoms with Crippen molar-refractivity contribution in [2.24, 2.45) is 0 Å². The highest BCUT2D eigenvalue weighted by molar-refractivity contribution is 5.99. The molecule has 2 heterocycles. The molecule has 1 unspecified atom stereocenters. The molecule has 3 aromatic carbocycles. The number of hydrogen-bond acceptors (Lipinski definition) is 4. The normalized spacial score (nSPS) is 15.1. The molecule has 1 aliphatic rings. The Morgan fingerprint density at radius 2 is 1.64 bits per heavy atom. The minimum atomic E-state index is -0.503. The Morgan fingerprint density at radius 3 is 2.39 bits per heavy atom. The number of fused-ring (bicyclic) bond motifs is 2. The van der Waals surface area contributed by atoms with E-state index in [9.17, 15) is 9.59 Å². The quantitative estimate of drug-likeness (QED) is 0.388. The van der Waals surface area contributed by atoms with Crippen LogP contribution in [0.1, 0.15) is 46.6 Å². The predicted molar refractivity (Wildman–Crippen MR) is 128 cm³/mol. The van der Waals surface area contributed by atoms with Gasteiger partial charge in [-0.3, -0.25) is 9.59 Å². The van der Waals surface area contributed by atoms with Gasteiger partial charge in [-0.05, 0) is 48.2 Å². The lowest BCUT2D eigenvalue weighted by molar-refractivity contribution is 0.0730. The van der Waals surface area contributed by atoms with Crippen molar-refractivity contribution >= 4 is 16.9 Å². The highest BCUT2D eigenvalue weighted by Crippen LogP contribution is 2.38. The molecule has 5 rings (SSSR count). The lowest BCUT2D eigenvalue weighted by Crippen LogP contribution is -2.31. The van der Waals surface area contributed by atoms with Crippen molar-refractivity contribution in [2.75, 3.05) is 13.2 Å². The largest absolute Gasteiger partial charge is 0.494 e. The number of hydrogen-bond donors (Lipinski definition) is 0. The minimum absolute atomic E-state index is 0.142. The Balaban J connectivity index is 1.58. The van der Waals surface area contributed by atoms with Crippen LogP contribution in [0.15, 0.2) is 88.1 Å². The third kappa shape index (κ3) is 3.91. The Hall–Kier alpha value is -3.86. The third-order valence-electron chi connectivity index (χ3n) is 6.03. The molecule has 1 amide bonds. The number of benzene rings is 3. The second-order valence-corrected chi connectivity index (χ2v) is 8.22. The third-order valence-corrected chi connectivity index (χ3v) is 6.03. The van der Waals surface area contributed by atoms with Crippen molar-refractivity contribution in [2.45, 2.75) is 25.8 Å². The lowest BCUT2D eigenvalue weighted by atomic mass is 9.98. The number of amides is 1. The van der Waals surface area contributed by atoms with Gasteiger partial charge in [0.15, 0.2) is 5.43 Å². The molecule has 0 N–H and O–H groups in total. The molecule has 166 valence electrons. The average molecular weight is 440 g/mol. The summed E-state index contributed by atoms with van der Waals surface area (Å²) in [4.78, 5) is 28.7. The van der Waals surface area contributed by atoms with Crippen molar-refractivity contribution in [1.29, 1.82) is 0 Å². The van der Waals surface area contributed by atoms with Crippen molar-refractivity contribution < 1.29 is 13.9 Å². The first kappa shape index (κ1) is 21.0. The second-order valence-electron chi connectivity index (χ2n) is 8.22. The Morgan fingerprint density at radius 1 is 0.909 bits per heavy atom. The predicted octanol–water partition coefficient (Wildman–Crippen LogP) is 5.37. The summed E-state index contributed by atoms with van der Waals surface area (Å²) in [6.07, 6.45) is 1.61. The summed E-state index contributed by atoms with van der Waals surface area (Å²) in [5.74, 6) is 0.662. The number of carbonyl (C=O) groups is 1. The van der Waals surface area contributed by atoms with Gasteiger partial charge in [-0.2, -0.15) is 0 Å². The summed E-state index contributed by atoms with van der Waals surface area (Å²) >= 11 is 0. The lowest BCUT2D eigenvalue weighted by Gasteiger charge is -2.25. The van der Waals surface area contributed by atoms with Crippen molar-refractivity contribution in [1.82, 2.24) is 4.90 Å². The zero-order valence-electron chi connectivity index (χ0n) is 18.5. The van der Waals surface area contributed by atoms with Crippen molar-refractivity contribution in [3.05, 3.63) is 112 Å². The molecule has 1 aromatic heterocycles. The molecule has 1 aliphatic heterocycles. The molecule has 4 aromatic rings. The maximum Gasteiger partial charge on any atom is 0.290 e. The molecule has 5 nitrogen and oxygen atoms in total. The van der Waals surface area contributed by atoms with Gasteiger partial charge in [-0.25, -0.2) is 0 Å². The fourth-order valence-electron chi connectivity index (χ4n) is 4.40. The fourth-order valence-corrected chi connectivity index (χ4v) is 4.40. The fraction of sp³-hybridized carbons (Fsp3) is 0.214. The molecule has 0 spiro atoms. The standard InChI is InChI=1S/C28H25NO4/c1-2-18-32-21-14-12-20(13-15-21)25-24-26(30)22-10-6-7-11-23(22)33-27(24)28(31)29(25)17-16-19-8-4-3-5-9-19/h3-15,25H,2,16-18H2,1H3. The topological polar surface area (TPSA) is 59.8 Å². The first-order valence-electron chi connectivity index (χ1n) is 11.3. The van der Waals surface area contributed by atoms with Gasteiger partial charge in [0, 0.05) is 6.54 Å². The molecule has 0 fully saturated rings. The van der Waals surface area contributed by atoms with E-state index in [-0.39, 0.29) is 17.1 Å². The summed E-state index contributed by atoms with van der Waals surface area (Å²) in [5, 5.41) is 0.488. The van der Waals surface area contributed by atoms with E-state index in [0.29, 0.717) is 36.1 Å². The first-order valence-corrected chi connectivity index (χ1v) is 11.3. The number of nitrogens with zero attached hydrogens (tertiary/aromatic N) is 1. The van der Waals surface area contributed by atoms with Crippen LogP contribution in [0.2, 0.25) is 0 Å². The first-order chi connectivity index (χ1) is 16.2. The smallest absolute Gasteiger partial charge is 0.290 e. The average Bonchev–Trinajstić information content (AvgIpc) is 3.14. The molecule has 1 atom stereocenters. The van der Waals surface area contributed by atoms with Crippen molar-refractivity contribution in [3.8, 4) is 5.75 Å². The van der Waals surface area contributed by atoms with Gasteiger partial charge in [-0.1, -0.05) is 61.5 Å². The minimum Gasteiger partial charge on any atom is -0.494 e. The molecule has 0 aliphatic carbocycles. The Kier molecular flexibility index (Phi) is 5.69. The summed E-state index contributed by atoms with van der Waals surface area (Å²) in [5.41, 5.74) is 2.68. The van der Waals surface area contributed by atoms with Crippen LogP contribution in [-0.4, -0.2) is 24.0 Å². The summed E-state index contributed by atoms with van der Waals surface area (Å²) in [6.45, 7) is 3.17. The SMILES string of the molecule is CCCOc1ccc(C2c3c(oc4ccccc4c3=O)C(=O)N2CCc2ccccc2)cc1. The molecular weight excluding hydrogens is 414 g/mol. The van der Waals surface area contributed by atoms with Crippen LogP contribution in [0.3, 0.4) is 0 Å². The van der Waals surface area contributed by atoms with Gasteiger partial charge in [-0.15, -0.1) is 0 Å². The van der Waals surface area contributed by atoms with Crippen LogP contribution in [0.4, 0.5) is 0 Å². The van der Waals surface area contributed by atoms with Gasteiger partial charge >= 0.3 is 0 Å². The van der Waals surface area contributed by atoms with Gasteiger partial charge < -0.3 is 14.1 Å². The Labute approximate surface area is 192 Å². The molecule has 33 heavy (non-hydrogen) atoms. The summed E-state index contributed by atoms with van der Waals surface area (Å²) < 4.78 is 11.7. The molecular formula is C28H25NO4. The van der Waals surface area contributed by atoms with Gasteiger partial charge in [0.1, 0.15) is 11.3 Å². The maximum absolute atomic E-state index is 13.5. The van der Waals surface area contributed by atoms with E-state index in [4.69, 9.17) is 9.15 Å². The highest BCUT2D eigenvalue weighted by Gasteiger charge is 2.42. The molecule has 5 heteroatoms. The highest BCUT2D eigenvalue weighted by atomic mass is 16.5. The van der Waals surface area contributed by atoms with Gasteiger partial charge in [0.05, 0.1) is 23.6 Å². The zero-order valence-corrected chi connectivity index (χ0v) is 18.5. The summed E-state index contributed by atoms with van der Waals surface area (Å²) in [7, 11) is 0. The van der Waals surface area contributed by atoms with E-state index < -0.39 is 6.04 Å². The monoisotopic (exact) mass is 439 g/mol. The van der Waals surface area contributed by atoms with Crippen LogP contribution in [0.25, 0.3) is 11.0 Å². The van der Waals surface area contributed by atoms with Crippen LogP contribution in [0, 0.1) is 0 Å². The van der Waals surface area contributed by atoms with Crippen LogP contribution in [0.5, 0.6) is 5.75 Å². The van der Waals surface area contributed by atoms with Crippen molar-refractivity contribution in [3.63, 3.8) is 0 Å². The zero-order chi connectivity index (χ0) is 22.8. The van der Waals surface area contributed by atoms with Crippen LogP contribution in [-0.2, 0) is 6.42 Å². The van der Waals surface area contributed by atoms with E-state index >= 15 is 0 Å². The van der Waals surface area contributed by atoms with E-state index in [1.807, 2.05) is 60.7 Å². The molecule has 0 radical (unpaired) electrons. The second kappa shape index (κ2) is 8.94. The van der Waals surface area contributed by atoms with Gasteiger partial charge in [0.25, 0.3) is 5.91 Å².